The third-order valence-electron chi connectivity index (χ3n) is 5.65. The standard InChI is InChI=1S/C24H29BrO3S/c1-23(2,28)20-9-4-3-6-17(20)10-11-21(18-7-5-8-19(25)14-18)29-16-24(12-13-24)15-22(26)27/h3-9,14,21,28H,10-13,15-16H2,1-2H3,(H,26,27). The molecule has 156 valence electrons. The van der Waals surface area contributed by atoms with Crippen molar-refractivity contribution in [3.05, 3.63) is 69.7 Å². The molecule has 1 saturated carbocycles. The maximum atomic E-state index is 11.2. The Bertz CT molecular complexity index is 855. The third kappa shape index (κ3) is 6.34. The van der Waals surface area contributed by atoms with Crippen LogP contribution in [0.5, 0.6) is 0 Å². The van der Waals surface area contributed by atoms with Crippen LogP contribution in [-0.2, 0) is 16.8 Å². The van der Waals surface area contributed by atoms with Crippen molar-refractivity contribution in [2.45, 2.75) is 56.8 Å². The highest BCUT2D eigenvalue weighted by Gasteiger charge is 2.44. The van der Waals surface area contributed by atoms with Crippen molar-refractivity contribution in [2.24, 2.45) is 5.41 Å². The molecule has 0 saturated heterocycles. The minimum absolute atomic E-state index is 0.0221. The summed E-state index contributed by atoms with van der Waals surface area (Å²) in [6.07, 6.45) is 4.11. The molecule has 1 unspecified atom stereocenters. The van der Waals surface area contributed by atoms with Crippen molar-refractivity contribution in [1.82, 2.24) is 0 Å². The van der Waals surface area contributed by atoms with Crippen molar-refractivity contribution in [2.75, 3.05) is 5.75 Å². The summed E-state index contributed by atoms with van der Waals surface area (Å²) in [6.45, 7) is 3.66. The first-order valence-electron chi connectivity index (χ1n) is 10.1. The molecule has 0 radical (unpaired) electrons. The Kier molecular flexibility index (Phi) is 7.13. The van der Waals surface area contributed by atoms with E-state index in [0.29, 0.717) is 0 Å². The fraction of sp³-hybridized carbons (Fsp3) is 0.458. The number of benzene rings is 2. The molecule has 1 atom stereocenters. The molecule has 1 aliphatic rings. The van der Waals surface area contributed by atoms with E-state index in [1.165, 1.54) is 11.1 Å². The Morgan fingerprint density at radius 1 is 1.21 bits per heavy atom. The Hall–Kier alpha value is -1.30. The molecule has 1 aliphatic carbocycles. The van der Waals surface area contributed by atoms with Gasteiger partial charge in [0.2, 0.25) is 0 Å². The maximum absolute atomic E-state index is 11.2. The molecule has 0 bridgehead atoms. The second-order valence-electron chi connectivity index (χ2n) is 8.68. The van der Waals surface area contributed by atoms with E-state index in [1.54, 1.807) is 0 Å². The fourth-order valence-corrected chi connectivity index (χ4v) is 5.81. The molecule has 0 aliphatic heterocycles. The number of aliphatic hydroxyl groups is 1. The van der Waals surface area contributed by atoms with Gasteiger partial charge < -0.3 is 10.2 Å². The van der Waals surface area contributed by atoms with Crippen LogP contribution in [0.2, 0.25) is 0 Å². The number of carboxylic acid groups (broad SMARTS) is 1. The van der Waals surface area contributed by atoms with E-state index in [4.69, 9.17) is 0 Å². The Morgan fingerprint density at radius 2 is 1.93 bits per heavy atom. The van der Waals surface area contributed by atoms with Crippen LogP contribution < -0.4 is 0 Å². The molecule has 3 nitrogen and oxygen atoms in total. The summed E-state index contributed by atoms with van der Waals surface area (Å²) < 4.78 is 1.06. The van der Waals surface area contributed by atoms with Crippen molar-refractivity contribution in [3.63, 3.8) is 0 Å². The second-order valence-corrected chi connectivity index (χ2v) is 10.8. The number of carboxylic acids is 1. The molecule has 5 heteroatoms. The van der Waals surface area contributed by atoms with Gasteiger partial charge in [-0.2, -0.15) is 11.8 Å². The molecule has 0 heterocycles. The topological polar surface area (TPSA) is 57.5 Å². The predicted octanol–water partition coefficient (Wildman–Crippen LogP) is 6.34. The van der Waals surface area contributed by atoms with Crippen LogP contribution in [0.3, 0.4) is 0 Å². The predicted molar refractivity (Wildman–Crippen MR) is 123 cm³/mol. The first-order valence-corrected chi connectivity index (χ1v) is 11.9. The minimum atomic E-state index is -0.867. The molecule has 2 aromatic rings. The molecular weight excluding hydrogens is 448 g/mol. The lowest BCUT2D eigenvalue weighted by molar-refractivity contribution is -0.138. The molecule has 0 spiro atoms. The van der Waals surface area contributed by atoms with E-state index in [0.717, 1.165) is 41.5 Å². The van der Waals surface area contributed by atoms with Crippen molar-refractivity contribution in [1.29, 1.82) is 0 Å². The van der Waals surface area contributed by atoms with Gasteiger partial charge in [0.05, 0.1) is 12.0 Å². The van der Waals surface area contributed by atoms with E-state index in [1.807, 2.05) is 49.9 Å². The summed E-state index contributed by atoms with van der Waals surface area (Å²) in [5.41, 5.74) is 2.52. The van der Waals surface area contributed by atoms with Crippen LogP contribution in [0.1, 0.15) is 61.5 Å². The smallest absolute Gasteiger partial charge is 0.303 e. The molecule has 2 aromatic carbocycles. The fourth-order valence-electron chi connectivity index (χ4n) is 3.82. The highest BCUT2D eigenvalue weighted by molar-refractivity contribution is 9.10. The van der Waals surface area contributed by atoms with Gasteiger partial charge >= 0.3 is 5.97 Å². The zero-order chi connectivity index (χ0) is 21.1. The number of rotatable bonds is 10. The molecule has 3 rings (SSSR count). The largest absolute Gasteiger partial charge is 0.481 e. The molecule has 1 fully saturated rings. The average Bonchev–Trinajstić information content (AvgIpc) is 3.40. The lowest BCUT2D eigenvalue weighted by atomic mass is 9.90. The molecule has 0 amide bonds. The van der Waals surface area contributed by atoms with Crippen molar-refractivity contribution < 1.29 is 15.0 Å². The molecule has 29 heavy (non-hydrogen) atoms. The number of thioether (sulfide) groups is 1. The van der Waals surface area contributed by atoms with E-state index in [9.17, 15) is 15.0 Å². The van der Waals surface area contributed by atoms with Gasteiger partial charge in [-0.15, -0.1) is 0 Å². The summed E-state index contributed by atoms with van der Waals surface area (Å²) in [4.78, 5) is 11.2. The maximum Gasteiger partial charge on any atom is 0.303 e. The summed E-state index contributed by atoms with van der Waals surface area (Å²) >= 11 is 5.46. The van der Waals surface area contributed by atoms with Crippen LogP contribution in [0.25, 0.3) is 0 Å². The Labute approximate surface area is 186 Å². The minimum Gasteiger partial charge on any atom is -0.481 e. The van der Waals surface area contributed by atoms with Gasteiger partial charge in [0.1, 0.15) is 0 Å². The van der Waals surface area contributed by atoms with E-state index >= 15 is 0 Å². The monoisotopic (exact) mass is 476 g/mol. The summed E-state index contributed by atoms with van der Waals surface area (Å²) in [5, 5.41) is 20.0. The third-order valence-corrected chi connectivity index (χ3v) is 7.83. The summed E-state index contributed by atoms with van der Waals surface area (Å²) in [7, 11) is 0. The lowest BCUT2D eigenvalue weighted by Crippen LogP contribution is -2.18. The number of hydrogen-bond donors (Lipinski definition) is 2. The summed E-state index contributed by atoms with van der Waals surface area (Å²) in [6, 6.07) is 16.5. The van der Waals surface area contributed by atoms with Crippen LogP contribution in [-0.4, -0.2) is 21.9 Å². The number of hydrogen-bond acceptors (Lipinski definition) is 3. The van der Waals surface area contributed by atoms with Gasteiger partial charge in [-0.3, -0.25) is 4.79 Å². The first-order chi connectivity index (χ1) is 13.7. The molecule has 0 aromatic heterocycles. The summed E-state index contributed by atoms with van der Waals surface area (Å²) in [5.74, 6) is 0.185. The van der Waals surface area contributed by atoms with Gasteiger partial charge in [0.25, 0.3) is 0 Å². The number of halogens is 1. The van der Waals surface area contributed by atoms with Crippen LogP contribution in [0.4, 0.5) is 0 Å². The number of aliphatic carboxylic acids is 1. The van der Waals surface area contributed by atoms with Crippen molar-refractivity contribution >= 4 is 33.7 Å². The van der Waals surface area contributed by atoms with Gasteiger partial charge in [-0.1, -0.05) is 52.3 Å². The normalized spacial score (nSPS) is 16.4. The van der Waals surface area contributed by atoms with E-state index < -0.39 is 11.6 Å². The number of carbonyl (C=O) groups is 1. The zero-order valence-corrected chi connectivity index (χ0v) is 19.4. The van der Waals surface area contributed by atoms with E-state index in [2.05, 4.69) is 40.2 Å². The van der Waals surface area contributed by atoms with Crippen LogP contribution in [0, 0.1) is 5.41 Å². The first kappa shape index (κ1) is 22.4. The quantitative estimate of drug-likeness (QED) is 0.419. The highest BCUT2D eigenvalue weighted by Crippen LogP contribution is 2.53. The van der Waals surface area contributed by atoms with Gasteiger partial charge in [-0.25, -0.2) is 0 Å². The van der Waals surface area contributed by atoms with Crippen molar-refractivity contribution in [3.8, 4) is 0 Å². The van der Waals surface area contributed by atoms with Crippen LogP contribution >= 0.6 is 27.7 Å². The van der Waals surface area contributed by atoms with Gasteiger partial charge in [0.15, 0.2) is 0 Å². The SMILES string of the molecule is CC(C)(O)c1ccccc1CCC(SCC1(CC(=O)O)CC1)c1cccc(Br)c1. The zero-order valence-electron chi connectivity index (χ0n) is 17.0. The second kappa shape index (κ2) is 9.23. The molecular formula is C24H29BrO3S. The van der Waals surface area contributed by atoms with Gasteiger partial charge in [-0.05, 0) is 73.8 Å². The average molecular weight is 477 g/mol. The van der Waals surface area contributed by atoms with Gasteiger partial charge in [0, 0.05) is 15.5 Å². The molecule has 2 N–H and O–H groups in total. The Morgan fingerprint density at radius 3 is 2.55 bits per heavy atom. The lowest BCUT2D eigenvalue weighted by Gasteiger charge is -2.24. The number of aryl methyl sites for hydroxylation is 1. The van der Waals surface area contributed by atoms with Crippen LogP contribution in [0.15, 0.2) is 53.0 Å². The van der Waals surface area contributed by atoms with E-state index in [-0.39, 0.29) is 17.1 Å². The highest BCUT2D eigenvalue weighted by atomic mass is 79.9. The Balaban J connectivity index is 1.75.